The van der Waals surface area contributed by atoms with E-state index in [9.17, 15) is 30.3 Å². The van der Waals surface area contributed by atoms with Crippen LogP contribution in [-0.2, 0) is 4.74 Å². The number of aliphatic hydroxyl groups excluding tert-OH is 4. The minimum atomic E-state index is -1.56. The van der Waals surface area contributed by atoms with Crippen LogP contribution in [0, 0.1) is 0 Å². The lowest BCUT2D eigenvalue weighted by atomic mass is 9.99. The maximum atomic E-state index is 12.8. The van der Waals surface area contributed by atoms with E-state index in [-0.39, 0.29) is 22.5 Å². The van der Waals surface area contributed by atoms with E-state index < -0.39 is 37.3 Å². The Bertz CT molecular complexity index is 1090. The van der Waals surface area contributed by atoms with Gasteiger partial charge in [0.05, 0.1) is 17.6 Å². The van der Waals surface area contributed by atoms with Crippen molar-refractivity contribution in [3.8, 4) is 22.6 Å². The number of hydrogen-bond donors (Lipinski definition) is 5. The van der Waals surface area contributed by atoms with E-state index in [1.807, 2.05) is 0 Å². The van der Waals surface area contributed by atoms with Gasteiger partial charge < -0.3 is 39.4 Å². The van der Waals surface area contributed by atoms with Crippen LogP contribution in [0.1, 0.15) is 0 Å². The predicted molar refractivity (Wildman–Crippen MR) is 104 cm³/mol. The molecule has 5 N–H and O–H groups in total. The second-order valence-corrected chi connectivity index (χ2v) is 7.00. The molecule has 30 heavy (non-hydrogen) atoms. The molecule has 1 aliphatic rings. The highest BCUT2D eigenvalue weighted by atomic mass is 16.7. The van der Waals surface area contributed by atoms with Gasteiger partial charge in [-0.3, -0.25) is 4.79 Å². The Labute approximate surface area is 170 Å². The van der Waals surface area contributed by atoms with E-state index in [0.29, 0.717) is 16.5 Å². The molecule has 0 radical (unpaired) electrons. The first-order valence-electron chi connectivity index (χ1n) is 9.21. The molecule has 2 unspecified atom stereocenters. The zero-order valence-electron chi connectivity index (χ0n) is 15.6. The highest BCUT2D eigenvalue weighted by molar-refractivity contribution is 5.82. The third-order valence-electron chi connectivity index (χ3n) is 5.03. The number of fused-ring (bicyclic) bond motifs is 1. The van der Waals surface area contributed by atoms with Crippen molar-refractivity contribution in [3.05, 3.63) is 59.0 Å². The largest absolute Gasteiger partial charge is 0.508 e. The second kappa shape index (κ2) is 8.05. The van der Waals surface area contributed by atoms with Gasteiger partial charge in [-0.2, -0.15) is 0 Å². The van der Waals surface area contributed by atoms with E-state index in [4.69, 9.17) is 13.9 Å². The first-order valence-corrected chi connectivity index (χ1v) is 9.21. The highest BCUT2D eigenvalue weighted by Gasteiger charge is 2.44. The molecule has 4 rings (SSSR count). The van der Waals surface area contributed by atoms with E-state index in [1.54, 1.807) is 12.1 Å². The zero-order valence-corrected chi connectivity index (χ0v) is 15.6. The molecule has 0 spiro atoms. The van der Waals surface area contributed by atoms with Gasteiger partial charge in [0.1, 0.15) is 47.8 Å². The summed E-state index contributed by atoms with van der Waals surface area (Å²) in [5.74, 6) is 0.270. The Morgan fingerprint density at radius 1 is 0.967 bits per heavy atom. The monoisotopic (exact) mass is 416 g/mol. The number of hydrogen-bond acceptors (Lipinski definition) is 9. The maximum Gasteiger partial charge on any atom is 0.229 e. The first-order chi connectivity index (χ1) is 14.4. The first kappa shape index (κ1) is 20.3. The lowest BCUT2D eigenvalue weighted by Gasteiger charge is -2.39. The van der Waals surface area contributed by atoms with Crippen LogP contribution in [0.2, 0.25) is 0 Å². The van der Waals surface area contributed by atoms with Crippen molar-refractivity contribution >= 4 is 11.0 Å². The Morgan fingerprint density at radius 3 is 2.40 bits per heavy atom. The van der Waals surface area contributed by atoms with Crippen LogP contribution in [0.3, 0.4) is 0 Å². The van der Waals surface area contributed by atoms with Gasteiger partial charge in [-0.1, -0.05) is 12.1 Å². The van der Waals surface area contributed by atoms with E-state index in [0.717, 1.165) is 0 Å². The van der Waals surface area contributed by atoms with Crippen molar-refractivity contribution < 1.29 is 39.4 Å². The third-order valence-corrected chi connectivity index (χ3v) is 5.03. The fraction of sp³-hybridized carbons (Fsp3) is 0.286. The summed E-state index contributed by atoms with van der Waals surface area (Å²) in [6.45, 7) is -0.572. The van der Waals surface area contributed by atoms with E-state index in [1.165, 1.54) is 36.6 Å². The number of phenols is 1. The van der Waals surface area contributed by atoms with Crippen molar-refractivity contribution in [2.75, 3.05) is 6.61 Å². The van der Waals surface area contributed by atoms with Crippen molar-refractivity contribution in [1.82, 2.24) is 0 Å². The lowest BCUT2D eigenvalue weighted by Crippen LogP contribution is -2.60. The third kappa shape index (κ3) is 3.64. The summed E-state index contributed by atoms with van der Waals surface area (Å²) >= 11 is 0. The average Bonchev–Trinajstić information content (AvgIpc) is 2.75. The summed E-state index contributed by atoms with van der Waals surface area (Å²) in [5, 5.41) is 48.7. The molecule has 3 aromatic rings. The molecular formula is C21H20O9. The predicted octanol–water partition coefficient (Wildman–Crippen LogP) is 0.344. The highest BCUT2D eigenvalue weighted by Crippen LogP contribution is 2.27. The van der Waals surface area contributed by atoms with Crippen molar-refractivity contribution in [2.24, 2.45) is 0 Å². The summed E-state index contributed by atoms with van der Waals surface area (Å²) < 4.78 is 16.4. The normalized spacial score (nSPS) is 26.6. The molecule has 1 aliphatic heterocycles. The molecule has 1 aromatic heterocycles. The number of aliphatic hydroxyl groups is 4. The van der Waals surface area contributed by atoms with Gasteiger partial charge in [0.25, 0.3) is 0 Å². The van der Waals surface area contributed by atoms with E-state index >= 15 is 0 Å². The van der Waals surface area contributed by atoms with Crippen LogP contribution in [0.5, 0.6) is 11.5 Å². The molecule has 158 valence electrons. The minimum Gasteiger partial charge on any atom is -0.508 e. The van der Waals surface area contributed by atoms with Crippen molar-refractivity contribution in [1.29, 1.82) is 0 Å². The Balaban J connectivity index is 1.62. The number of aromatic hydroxyl groups is 1. The number of benzene rings is 2. The Hall–Kier alpha value is -2.95. The van der Waals surface area contributed by atoms with Crippen LogP contribution in [0.25, 0.3) is 22.1 Å². The van der Waals surface area contributed by atoms with Crippen LogP contribution in [0.4, 0.5) is 0 Å². The van der Waals surface area contributed by atoms with Gasteiger partial charge in [0, 0.05) is 6.07 Å². The molecule has 0 aliphatic carbocycles. The molecular weight excluding hydrogens is 396 g/mol. The lowest BCUT2D eigenvalue weighted by molar-refractivity contribution is -0.277. The van der Waals surface area contributed by atoms with Crippen LogP contribution in [0.15, 0.2) is 57.9 Å². The zero-order chi connectivity index (χ0) is 21.4. The smallest absolute Gasteiger partial charge is 0.229 e. The van der Waals surface area contributed by atoms with Gasteiger partial charge >= 0.3 is 0 Å². The fourth-order valence-corrected chi connectivity index (χ4v) is 3.32. The van der Waals surface area contributed by atoms with Gasteiger partial charge in [-0.15, -0.1) is 0 Å². The van der Waals surface area contributed by atoms with Gasteiger partial charge in [-0.25, -0.2) is 0 Å². The molecule has 9 heteroatoms. The van der Waals surface area contributed by atoms with Crippen LogP contribution >= 0.6 is 0 Å². The Morgan fingerprint density at radius 2 is 1.70 bits per heavy atom. The summed E-state index contributed by atoms with van der Waals surface area (Å²) in [7, 11) is 0. The van der Waals surface area contributed by atoms with Crippen molar-refractivity contribution in [3.63, 3.8) is 0 Å². The molecule has 0 amide bonds. The summed E-state index contributed by atoms with van der Waals surface area (Å²) in [5.41, 5.74) is 0.862. The molecule has 2 heterocycles. The van der Waals surface area contributed by atoms with E-state index in [2.05, 4.69) is 0 Å². The summed E-state index contributed by atoms with van der Waals surface area (Å²) in [6, 6.07) is 10.5. The molecule has 0 saturated carbocycles. The Kier molecular flexibility index (Phi) is 5.46. The standard InChI is InChI=1S/C21H20O9/c22-8-16-18(25)19(26)20(27)21(30-16)29-12-5-6-13-15(7-12)28-9-14(17(13)24)10-1-3-11(23)4-2-10/h1-7,9,16,18-23,25-27H,8H2/t16?,18-,19-,20?,21-/m1/s1. The van der Waals surface area contributed by atoms with Gasteiger partial charge in [-0.05, 0) is 29.8 Å². The maximum absolute atomic E-state index is 12.8. The number of phenolic OH excluding ortho intramolecular Hbond substituents is 1. The quantitative estimate of drug-likeness (QED) is 0.406. The molecule has 1 saturated heterocycles. The number of rotatable bonds is 4. The van der Waals surface area contributed by atoms with Gasteiger partial charge in [0.15, 0.2) is 5.43 Å². The summed E-state index contributed by atoms with van der Waals surface area (Å²) in [6.07, 6.45) is -5.75. The molecule has 2 aromatic carbocycles. The summed E-state index contributed by atoms with van der Waals surface area (Å²) in [4.78, 5) is 12.8. The van der Waals surface area contributed by atoms with Crippen molar-refractivity contribution in [2.45, 2.75) is 30.7 Å². The van der Waals surface area contributed by atoms with Crippen LogP contribution < -0.4 is 10.2 Å². The van der Waals surface area contributed by atoms with Crippen LogP contribution in [-0.4, -0.2) is 62.8 Å². The number of ether oxygens (including phenoxy) is 2. The average molecular weight is 416 g/mol. The second-order valence-electron chi connectivity index (χ2n) is 7.00. The fourth-order valence-electron chi connectivity index (χ4n) is 3.32. The SMILES string of the molecule is O=c1c(-c2ccc(O)cc2)coc2cc(O[C@@H]3OC(CO)[C@@H](O)[C@@H](O)C3O)ccc12. The molecule has 1 fully saturated rings. The molecule has 9 nitrogen and oxygen atoms in total. The molecule has 5 atom stereocenters. The van der Waals surface area contributed by atoms with Gasteiger partial charge in [0.2, 0.25) is 6.29 Å². The topological polar surface area (TPSA) is 150 Å². The minimum absolute atomic E-state index is 0.0823. The molecule has 0 bridgehead atoms.